The number of hydrogen-bond donors (Lipinski definition) is 1. The molecule has 0 aliphatic carbocycles. The molecule has 1 aromatic rings. The molecule has 0 unspecified atom stereocenters. The van der Waals surface area contributed by atoms with Gasteiger partial charge in [0.1, 0.15) is 0 Å². The van der Waals surface area contributed by atoms with Gasteiger partial charge in [0, 0.05) is 31.7 Å². The minimum Gasteiger partial charge on any atom is -0.395 e. The summed E-state index contributed by atoms with van der Waals surface area (Å²) in [5, 5.41) is 9.04. The molecule has 1 fully saturated rings. The predicted molar refractivity (Wildman–Crippen MR) is 84.7 cm³/mol. The van der Waals surface area contributed by atoms with Crippen molar-refractivity contribution in [3.05, 3.63) is 34.4 Å². The number of rotatable bonds is 3. The Morgan fingerprint density at radius 3 is 2.38 bits per heavy atom. The number of aryl methyl sites for hydroxylation is 3. The number of carbonyl (C=O) groups is 1. The van der Waals surface area contributed by atoms with Gasteiger partial charge in [0.25, 0.3) is 5.91 Å². The van der Waals surface area contributed by atoms with Crippen LogP contribution in [-0.2, 0) is 0 Å². The zero-order valence-corrected chi connectivity index (χ0v) is 13.4. The number of amides is 1. The topological polar surface area (TPSA) is 43.8 Å². The van der Waals surface area contributed by atoms with Crippen molar-refractivity contribution in [1.82, 2.24) is 9.80 Å². The van der Waals surface area contributed by atoms with Gasteiger partial charge in [-0.3, -0.25) is 9.69 Å². The number of β-amino-alcohol motifs (C(OH)–C–C–N with tert-alkyl or cyclic N) is 1. The molecule has 0 aromatic heterocycles. The second-order valence-electron chi connectivity index (χ2n) is 5.98. The van der Waals surface area contributed by atoms with Crippen molar-refractivity contribution in [2.45, 2.75) is 27.2 Å². The fourth-order valence-electron chi connectivity index (χ4n) is 3.21. The summed E-state index contributed by atoms with van der Waals surface area (Å²) in [5.74, 6) is 0.149. The molecular formula is C17H26N2O2. The Kier molecular flexibility index (Phi) is 5.37. The smallest absolute Gasteiger partial charge is 0.254 e. The van der Waals surface area contributed by atoms with Gasteiger partial charge in [-0.25, -0.2) is 0 Å². The van der Waals surface area contributed by atoms with E-state index in [-0.39, 0.29) is 12.5 Å². The van der Waals surface area contributed by atoms with Crippen LogP contribution in [-0.4, -0.2) is 60.1 Å². The highest BCUT2D eigenvalue weighted by Gasteiger charge is 2.22. The minimum absolute atomic E-state index is 0.149. The fraction of sp³-hybridized carbons (Fsp3) is 0.588. The molecule has 0 spiro atoms. The summed E-state index contributed by atoms with van der Waals surface area (Å²) in [4.78, 5) is 17.0. The maximum Gasteiger partial charge on any atom is 0.254 e. The maximum atomic E-state index is 12.8. The zero-order valence-electron chi connectivity index (χ0n) is 13.4. The van der Waals surface area contributed by atoms with Crippen molar-refractivity contribution >= 4 is 5.91 Å². The minimum atomic E-state index is 0.149. The quantitative estimate of drug-likeness (QED) is 0.922. The third kappa shape index (κ3) is 3.83. The van der Waals surface area contributed by atoms with E-state index in [9.17, 15) is 4.79 Å². The van der Waals surface area contributed by atoms with Gasteiger partial charge in [0.15, 0.2) is 0 Å². The first kappa shape index (κ1) is 16.0. The van der Waals surface area contributed by atoms with Gasteiger partial charge in [0.05, 0.1) is 6.61 Å². The molecule has 0 atom stereocenters. The third-order valence-corrected chi connectivity index (χ3v) is 4.18. The summed E-state index contributed by atoms with van der Waals surface area (Å²) in [6.07, 6.45) is 0.968. The molecule has 116 valence electrons. The molecule has 4 heteroatoms. The van der Waals surface area contributed by atoms with Gasteiger partial charge in [-0.2, -0.15) is 0 Å². The summed E-state index contributed by atoms with van der Waals surface area (Å²) < 4.78 is 0. The van der Waals surface area contributed by atoms with Crippen molar-refractivity contribution in [3.8, 4) is 0 Å². The van der Waals surface area contributed by atoms with Crippen LogP contribution in [0.5, 0.6) is 0 Å². The van der Waals surface area contributed by atoms with E-state index < -0.39 is 0 Å². The zero-order chi connectivity index (χ0) is 15.4. The van der Waals surface area contributed by atoms with E-state index in [1.54, 1.807) is 0 Å². The van der Waals surface area contributed by atoms with Gasteiger partial charge in [-0.05, 0) is 44.9 Å². The number of aliphatic hydroxyl groups is 1. The lowest BCUT2D eigenvalue weighted by Gasteiger charge is -2.23. The molecule has 4 nitrogen and oxygen atoms in total. The normalized spacial score (nSPS) is 16.9. The second-order valence-corrected chi connectivity index (χ2v) is 5.98. The lowest BCUT2D eigenvalue weighted by molar-refractivity contribution is 0.0759. The molecule has 2 rings (SSSR count). The van der Waals surface area contributed by atoms with Gasteiger partial charge in [-0.15, -0.1) is 0 Å². The van der Waals surface area contributed by atoms with Crippen LogP contribution < -0.4 is 0 Å². The van der Waals surface area contributed by atoms with E-state index in [2.05, 4.69) is 24.0 Å². The number of nitrogens with zero attached hydrogens (tertiary/aromatic N) is 2. The Labute approximate surface area is 127 Å². The molecule has 1 aromatic carbocycles. The van der Waals surface area contributed by atoms with Crippen molar-refractivity contribution in [1.29, 1.82) is 0 Å². The monoisotopic (exact) mass is 290 g/mol. The van der Waals surface area contributed by atoms with E-state index in [1.807, 2.05) is 18.7 Å². The van der Waals surface area contributed by atoms with Gasteiger partial charge in [-0.1, -0.05) is 17.7 Å². The van der Waals surface area contributed by atoms with Crippen molar-refractivity contribution in [2.75, 3.05) is 39.3 Å². The molecule has 1 amide bonds. The SMILES string of the molecule is Cc1cc(C)c(C(=O)N2CCCN(CCO)CC2)c(C)c1. The van der Waals surface area contributed by atoms with Crippen LogP contribution in [0, 0.1) is 20.8 Å². The summed E-state index contributed by atoms with van der Waals surface area (Å²) >= 11 is 0. The molecule has 1 saturated heterocycles. The summed E-state index contributed by atoms with van der Waals surface area (Å²) in [5.41, 5.74) is 4.19. The van der Waals surface area contributed by atoms with Crippen molar-refractivity contribution in [3.63, 3.8) is 0 Å². The molecule has 0 saturated carbocycles. The first-order chi connectivity index (χ1) is 10.0. The molecule has 21 heavy (non-hydrogen) atoms. The highest BCUT2D eigenvalue weighted by Crippen LogP contribution is 2.19. The predicted octanol–water partition coefficient (Wildman–Crippen LogP) is 1.75. The van der Waals surface area contributed by atoms with Crippen molar-refractivity contribution in [2.24, 2.45) is 0 Å². The van der Waals surface area contributed by atoms with Crippen LogP contribution >= 0.6 is 0 Å². The Morgan fingerprint density at radius 1 is 1.10 bits per heavy atom. The molecule has 1 N–H and O–H groups in total. The van der Waals surface area contributed by atoms with Gasteiger partial charge < -0.3 is 10.0 Å². The lowest BCUT2D eigenvalue weighted by atomic mass is 9.98. The van der Waals surface area contributed by atoms with E-state index in [4.69, 9.17) is 5.11 Å². The largest absolute Gasteiger partial charge is 0.395 e. The fourth-order valence-corrected chi connectivity index (χ4v) is 3.21. The molecule has 0 radical (unpaired) electrons. The summed E-state index contributed by atoms with van der Waals surface area (Å²) in [6, 6.07) is 4.16. The lowest BCUT2D eigenvalue weighted by Crippen LogP contribution is -2.36. The third-order valence-electron chi connectivity index (χ3n) is 4.18. The number of carbonyl (C=O) groups excluding carboxylic acids is 1. The number of hydrogen-bond acceptors (Lipinski definition) is 3. The highest BCUT2D eigenvalue weighted by molar-refractivity contribution is 5.97. The van der Waals surface area contributed by atoms with E-state index in [1.165, 1.54) is 5.56 Å². The molecular weight excluding hydrogens is 264 g/mol. The Morgan fingerprint density at radius 2 is 1.76 bits per heavy atom. The molecule has 1 aliphatic heterocycles. The van der Waals surface area contributed by atoms with E-state index in [0.717, 1.165) is 49.3 Å². The van der Waals surface area contributed by atoms with Gasteiger partial charge >= 0.3 is 0 Å². The standard InChI is InChI=1S/C17H26N2O2/c1-13-11-14(2)16(15(3)12-13)17(21)19-6-4-5-18(7-8-19)9-10-20/h11-12,20H,4-10H2,1-3H3. The Hall–Kier alpha value is -1.39. The molecule has 1 heterocycles. The Balaban J connectivity index is 2.13. The molecule has 1 aliphatic rings. The first-order valence-electron chi connectivity index (χ1n) is 7.73. The van der Waals surface area contributed by atoms with E-state index >= 15 is 0 Å². The second kappa shape index (κ2) is 7.05. The summed E-state index contributed by atoms with van der Waals surface area (Å²) in [7, 11) is 0. The maximum absolute atomic E-state index is 12.8. The number of benzene rings is 1. The van der Waals surface area contributed by atoms with Crippen LogP contribution in [0.2, 0.25) is 0 Å². The van der Waals surface area contributed by atoms with Crippen molar-refractivity contribution < 1.29 is 9.90 Å². The van der Waals surface area contributed by atoms with Crippen LogP contribution in [0.3, 0.4) is 0 Å². The van der Waals surface area contributed by atoms with Crippen LogP contribution in [0.15, 0.2) is 12.1 Å². The van der Waals surface area contributed by atoms with Crippen LogP contribution in [0.25, 0.3) is 0 Å². The first-order valence-corrected chi connectivity index (χ1v) is 7.73. The number of aliphatic hydroxyl groups excluding tert-OH is 1. The average Bonchev–Trinajstić information content (AvgIpc) is 2.63. The molecule has 0 bridgehead atoms. The Bertz CT molecular complexity index is 491. The van der Waals surface area contributed by atoms with Crippen LogP contribution in [0.1, 0.15) is 33.5 Å². The van der Waals surface area contributed by atoms with Crippen LogP contribution in [0.4, 0.5) is 0 Å². The van der Waals surface area contributed by atoms with E-state index in [0.29, 0.717) is 6.54 Å². The highest BCUT2D eigenvalue weighted by atomic mass is 16.3. The average molecular weight is 290 g/mol. The van der Waals surface area contributed by atoms with Gasteiger partial charge in [0.2, 0.25) is 0 Å². The summed E-state index contributed by atoms with van der Waals surface area (Å²) in [6.45, 7) is 10.3.